The van der Waals surface area contributed by atoms with Crippen LogP contribution in [0.15, 0.2) is 59.8 Å². The number of rotatable bonds is 8. The number of thioether (sulfide) groups is 1. The maximum atomic E-state index is 12.4. The fourth-order valence-electron chi connectivity index (χ4n) is 3.99. The van der Waals surface area contributed by atoms with Gasteiger partial charge < -0.3 is 15.1 Å². The molecule has 0 unspecified atom stereocenters. The Hall–Kier alpha value is -2.77. The number of carbonyl (C=O) groups is 1. The van der Waals surface area contributed by atoms with Crippen LogP contribution in [0.5, 0.6) is 0 Å². The molecule has 6 nitrogen and oxygen atoms in total. The number of nitrogens with zero attached hydrogens (tertiary/aromatic N) is 4. The number of amides is 1. The zero-order valence-electron chi connectivity index (χ0n) is 20.5. The molecule has 0 radical (unpaired) electrons. The lowest BCUT2D eigenvalue weighted by Gasteiger charge is -2.37. The lowest BCUT2D eigenvalue weighted by molar-refractivity contribution is 0.0949. The van der Waals surface area contributed by atoms with Crippen molar-refractivity contribution in [2.75, 3.05) is 42.5 Å². The summed E-state index contributed by atoms with van der Waals surface area (Å²) in [6.45, 7) is 10.4. The second kappa shape index (κ2) is 11.8. The summed E-state index contributed by atoms with van der Waals surface area (Å²) in [6.07, 6.45) is 0. The molecule has 2 aromatic carbocycles. The number of carbonyl (C=O) groups excluding carboxylic acids is 1. The number of nitrogens with one attached hydrogen (secondary N) is 1. The van der Waals surface area contributed by atoms with Gasteiger partial charge in [-0.1, -0.05) is 61.5 Å². The molecule has 0 spiro atoms. The fourth-order valence-corrected chi connectivity index (χ4v) is 5.08. The first-order chi connectivity index (χ1) is 16.9. The standard InChI is InChI=1S/C27H32ClN5OS/c1-19(2)17-29-26(34)22-8-6-7-21(16-22)18-35-27-30-20(3)15-25(31-27)33-13-11-32(12-14-33)24-10-5-4-9-23(24)28/h4-10,15-16,19H,11-14,17-18H2,1-3H3,(H,29,34). The summed E-state index contributed by atoms with van der Waals surface area (Å²) < 4.78 is 0. The van der Waals surface area contributed by atoms with E-state index < -0.39 is 0 Å². The van der Waals surface area contributed by atoms with Gasteiger partial charge in [0, 0.05) is 55.8 Å². The van der Waals surface area contributed by atoms with Gasteiger partial charge in [0.05, 0.1) is 10.7 Å². The number of hydrogen-bond donors (Lipinski definition) is 1. The molecular weight excluding hydrogens is 478 g/mol. The maximum absolute atomic E-state index is 12.4. The summed E-state index contributed by atoms with van der Waals surface area (Å²) in [5.41, 5.74) is 3.80. The second-order valence-corrected chi connectivity index (χ2v) is 10.5. The first kappa shape index (κ1) is 25.3. The van der Waals surface area contributed by atoms with Crippen LogP contribution < -0.4 is 15.1 Å². The average molecular weight is 510 g/mol. The molecule has 184 valence electrons. The Labute approximate surface area is 217 Å². The molecule has 0 aliphatic carbocycles. The normalized spacial score (nSPS) is 13.9. The van der Waals surface area contributed by atoms with Crippen molar-refractivity contribution in [3.05, 3.63) is 76.4 Å². The maximum Gasteiger partial charge on any atom is 0.251 e. The van der Waals surface area contributed by atoms with Crippen LogP contribution in [0.1, 0.15) is 35.5 Å². The van der Waals surface area contributed by atoms with E-state index in [1.807, 2.05) is 49.4 Å². The molecule has 0 atom stereocenters. The van der Waals surface area contributed by atoms with Crippen LogP contribution in [0, 0.1) is 12.8 Å². The highest BCUT2D eigenvalue weighted by Gasteiger charge is 2.20. The largest absolute Gasteiger partial charge is 0.367 e. The van der Waals surface area contributed by atoms with Gasteiger partial charge in [0.15, 0.2) is 5.16 Å². The van der Waals surface area contributed by atoms with Gasteiger partial charge in [0.2, 0.25) is 0 Å². The van der Waals surface area contributed by atoms with E-state index in [4.69, 9.17) is 16.6 Å². The molecule has 2 heterocycles. The summed E-state index contributed by atoms with van der Waals surface area (Å²) in [6, 6.07) is 17.8. The van der Waals surface area contributed by atoms with Crippen LogP contribution in [0.3, 0.4) is 0 Å². The van der Waals surface area contributed by atoms with Crippen molar-refractivity contribution in [2.45, 2.75) is 31.7 Å². The Bertz CT molecular complexity index is 1160. The number of aromatic nitrogens is 2. The van der Waals surface area contributed by atoms with Crippen LogP contribution in [0.4, 0.5) is 11.5 Å². The van der Waals surface area contributed by atoms with Crippen molar-refractivity contribution in [2.24, 2.45) is 5.92 Å². The third kappa shape index (κ3) is 6.89. The molecule has 35 heavy (non-hydrogen) atoms. The van der Waals surface area contributed by atoms with Gasteiger partial charge in [0.25, 0.3) is 5.91 Å². The minimum atomic E-state index is -0.0319. The zero-order valence-corrected chi connectivity index (χ0v) is 22.1. The SMILES string of the molecule is Cc1cc(N2CCN(c3ccccc3Cl)CC2)nc(SCc2cccc(C(=O)NCC(C)C)c2)n1. The highest BCUT2D eigenvalue weighted by molar-refractivity contribution is 7.98. The van der Waals surface area contributed by atoms with Gasteiger partial charge in [-0.25, -0.2) is 9.97 Å². The van der Waals surface area contributed by atoms with Crippen LogP contribution in [-0.4, -0.2) is 48.6 Å². The fraction of sp³-hybridized carbons (Fsp3) is 0.370. The van der Waals surface area contributed by atoms with Crippen molar-refractivity contribution in [1.29, 1.82) is 0 Å². The quantitative estimate of drug-likeness (QED) is 0.322. The summed E-state index contributed by atoms with van der Waals surface area (Å²) >= 11 is 7.99. The van der Waals surface area contributed by atoms with Gasteiger partial charge in [0.1, 0.15) is 5.82 Å². The highest BCUT2D eigenvalue weighted by Crippen LogP contribution is 2.28. The molecule has 1 fully saturated rings. The predicted octanol–water partition coefficient (Wildman–Crippen LogP) is 5.44. The minimum absolute atomic E-state index is 0.0319. The molecule has 1 N–H and O–H groups in total. The van der Waals surface area contributed by atoms with Gasteiger partial charge in [-0.2, -0.15) is 0 Å². The molecule has 1 aliphatic heterocycles. The molecular formula is C27H32ClN5OS. The Kier molecular flexibility index (Phi) is 8.52. The summed E-state index contributed by atoms with van der Waals surface area (Å²) in [5, 5.41) is 4.52. The third-order valence-corrected chi connectivity index (χ3v) is 7.08. The minimum Gasteiger partial charge on any atom is -0.367 e. The number of halogens is 1. The molecule has 4 rings (SSSR count). The van der Waals surface area contributed by atoms with Crippen LogP contribution >= 0.6 is 23.4 Å². The van der Waals surface area contributed by atoms with E-state index in [1.165, 1.54) is 0 Å². The van der Waals surface area contributed by atoms with Crippen LogP contribution in [-0.2, 0) is 5.75 Å². The molecule has 0 saturated carbocycles. The Morgan fingerprint density at radius 1 is 1.03 bits per heavy atom. The lowest BCUT2D eigenvalue weighted by atomic mass is 10.1. The second-order valence-electron chi connectivity index (χ2n) is 9.17. The summed E-state index contributed by atoms with van der Waals surface area (Å²) in [4.78, 5) is 26.5. The van der Waals surface area contributed by atoms with E-state index in [-0.39, 0.29) is 5.91 Å². The molecule has 8 heteroatoms. The van der Waals surface area contributed by atoms with Crippen molar-refractivity contribution < 1.29 is 4.79 Å². The molecule has 1 amide bonds. The predicted molar refractivity (Wildman–Crippen MR) is 146 cm³/mol. The summed E-state index contributed by atoms with van der Waals surface area (Å²) in [5.74, 6) is 2.05. The van der Waals surface area contributed by atoms with E-state index in [9.17, 15) is 4.79 Å². The highest BCUT2D eigenvalue weighted by atomic mass is 35.5. The third-order valence-electron chi connectivity index (χ3n) is 5.84. The zero-order chi connectivity index (χ0) is 24.8. The molecule has 1 aliphatic rings. The van der Waals surface area contributed by atoms with Gasteiger partial charge >= 0.3 is 0 Å². The van der Waals surface area contributed by atoms with Crippen molar-refractivity contribution in [1.82, 2.24) is 15.3 Å². The lowest BCUT2D eigenvalue weighted by Crippen LogP contribution is -2.47. The topological polar surface area (TPSA) is 61.4 Å². The summed E-state index contributed by atoms with van der Waals surface area (Å²) in [7, 11) is 0. The number of anilines is 2. The van der Waals surface area contributed by atoms with Crippen molar-refractivity contribution in [3.63, 3.8) is 0 Å². The average Bonchev–Trinajstić information content (AvgIpc) is 2.86. The molecule has 3 aromatic rings. The van der Waals surface area contributed by atoms with E-state index >= 15 is 0 Å². The van der Waals surface area contributed by atoms with Gasteiger partial charge in [-0.3, -0.25) is 4.79 Å². The van der Waals surface area contributed by atoms with Gasteiger partial charge in [-0.05, 0) is 42.7 Å². The smallest absolute Gasteiger partial charge is 0.251 e. The van der Waals surface area contributed by atoms with E-state index in [2.05, 4.69) is 46.1 Å². The monoisotopic (exact) mass is 509 g/mol. The number of para-hydroxylation sites is 1. The molecule has 1 saturated heterocycles. The molecule has 0 bridgehead atoms. The first-order valence-corrected chi connectivity index (χ1v) is 13.4. The van der Waals surface area contributed by atoms with E-state index in [1.54, 1.807) is 11.8 Å². The van der Waals surface area contributed by atoms with Crippen LogP contribution in [0.2, 0.25) is 5.02 Å². The number of hydrogen-bond acceptors (Lipinski definition) is 6. The van der Waals surface area contributed by atoms with Crippen LogP contribution in [0.25, 0.3) is 0 Å². The number of benzene rings is 2. The Morgan fingerprint density at radius 3 is 2.51 bits per heavy atom. The van der Waals surface area contributed by atoms with E-state index in [0.717, 1.165) is 59.1 Å². The van der Waals surface area contributed by atoms with Crippen molar-refractivity contribution in [3.8, 4) is 0 Å². The van der Waals surface area contributed by atoms with Gasteiger partial charge in [-0.15, -0.1) is 0 Å². The number of aryl methyl sites for hydroxylation is 1. The molecule has 1 aromatic heterocycles. The first-order valence-electron chi connectivity index (χ1n) is 12.0. The van der Waals surface area contributed by atoms with Crippen molar-refractivity contribution >= 4 is 40.8 Å². The Morgan fingerprint density at radius 2 is 1.77 bits per heavy atom. The Balaban J connectivity index is 1.38. The van der Waals surface area contributed by atoms with E-state index in [0.29, 0.717) is 23.8 Å². The number of piperazine rings is 1.